The highest BCUT2D eigenvalue weighted by molar-refractivity contribution is 5.59. The highest BCUT2D eigenvalue weighted by Gasteiger charge is 2.15. The number of nitrogens with zero attached hydrogens (tertiary/aromatic N) is 2. The van der Waals surface area contributed by atoms with Crippen molar-refractivity contribution in [2.45, 2.75) is 39.5 Å². The molecule has 1 aromatic carbocycles. The molecule has 5 nitrogen and oxygen atoms in total. The van der Waals surface area contributed by atoms with Gasteiger partial charge in [0.2, 0.25) is 5.95 Å². The minimum Gasteiger partial charge on any atom is -0.372 e. The van der Waals surface area contributed by atoms with Crippen molar-refractivity contribution in [3.8, 4) is 0 Å². The third kappa shape index (κ3) is 3.38. The Balaban J connectivity index is 1.79. The molecule has 1 aliphatic rings. The monoisotopic (exact) mass is 312 g/mol. The number of H-pyrrole nitrogens is 1. The van der Waals surface area contributed by atoms with E-state index in [1.165, 1.54) is 5.69 Å². The van der Waals surface area contributed by atoms with Crippen LogP contribution >= 0.6 is 0 Å². The second-order valence-electron chi connectivity index (χ2n) is 5.89. The van der Waals surface area contributed by atoms with E-state index >= 15 is 0 Å². The molecule has 0 aliphatic heterocycles. The number of aromatic amines is 1. The van der Waals surface area contributed by atoms with Crippen LogP contribution in [-0.2, 0) is 12.8 Å². The lowest BCUT2D eigenvalue weighted by Crippen LogP contribution is -2.22. The predicted octanol–water partition coefficient (Wildman–Crippen LogP) is 3.24. The predicted molar refractivity (Wildman–Crippen MR) is 94.8 cm³/mol. The van der Waals surface area contributed by atoms with Gasteiger partial charge in [-0.2, -0.15) is 0 Å². The second kappa shape index (κ2) is 6.86. The van der Waals surface area contributed by atoms with Gasteiger partial charge in [-0.25, -0.2) is 4.98 Å². The van der Waals surface area contributed by atoms with Gasteiger partial charge >= 0.3 is 0 Å². The third-order valence-electron chi connectivity index (χ3n) is 4.45. The van der Waals surface area contributed by atoms with Crippen LogP contribution in [0.25, 0.3) is 0 Å². The molecule has 0 fully saturated rings. The fraction of sp³-hybridized carbons (Fsp3) is 0.444. The first kappa shape index (κ1) is 15.6. The number of aryl methyl sites for hydroxylation is 1. The topological polar surface area (TPSA) is 61.0 Å². The summed E-state index contributed by atoms with van der Waals surface area (Å²) in [7, 11) is 0. The summed E-state index contributed by atoms with van der Waals surface area (Å²) in [4.78, 5) is 21.9. The molecule has 0 bridgehead atoms. The molecule has 0 saturated carbocycles. The maximum atomic E-state index is 12.2. The van der Waals surface area contributed by atoms with Crippen molar-refractivity contribution in [1.29, 1.82) is 0 Å². The van der Waals surface area contributed by atoms with E-state index < -0.39 is 0 Å². The van der Waals surface area contributed by atoms with E-state index in [2.05, 4.69) is 46.2 Å². The van der Waals surface area contributed by atoms with Gasteiger partial charge in [0.05, 0.1) is 5.69 Å². The molecule has 0 spiro atoms. The van der Waals surface area contributed by atoms with E-state index in [4.69, 9.17) is 0 Å². The Labute approximate surface area is 136 Å². The summed E-state index contributed by atoms with van der Waals surface area (Å²) in [5.41, 5.74) is 3.94. The highest BCUT2D eigenvalue weighted by Crippen LogP contribution is 2.21. The zero-order chi connectivity index (χ0) is 16.2. The quantitative estimate of drug-likeness (QED) is 0.890. The summed E-state index contributed by atoms with van der Waals surface area (Å²) in [6.07, 6.45) is 3.93. The molecular formula is C18H24N4O. The number of anilines is 3. The molecule has 2 N–H and O–H groups in total. The maximum absolute atomic E-state index is 12.2. The summed E-state index contributed by atoms with van der Waals surface area (Å²) >= 11 is 0. The van der Waals surface area contributed by atoms with Gasteiger partial charge in [0.1, 0.15) is 0 Å². The lowest BCUT2D eigenvalue weighted by Gasteiger charge is -2.21. The van der Waals surface area contributed by atoms with Gasteiger partial charge in [-0.1, -0.05) is 0 Å². The lowest BCUT2D eigenvalue weighted by atomic mass is 9.97. The first-order valence-corrected chi connectivity index (χ1v) is 8.45. The number of nitrogens with one attached hydrogen (secondary N) is 2. The molecule has 0 saturated heterocycles. The Hall–Kier alpha value is -2.30. The fourth-order valence-electron chi connectivity index (χ4n) is 3.14. The molecule has 1 aliphatic carbocycles. The van der Waals surface area contributed by atoms with Gasteiger partial charge in [0, 0.05) is 30.0 Å². The summed E-state index contributed by atoms with van der Waals surface area (Å²) in [5.74, 6) is 0.534. The molecule has 3 rings (SSSR count). The minimum absolute atomic E-state index is 0.00281. The van der Waals surface area contributed by atoms with Crippen LogP contribution in [0, 0.1) is 0 Å². The van der Waals surface area contributed by atoms with Crippen molar-refractivity contribution in [1.82, 2.24) is 9.97 Å². The van der Waals surface area contributed by atoms with Crippen LogP contribution in [0.15, 0.2) is 29.1 Å². The van der Waals surface area contributed by atoms with Crippen molar-refractivity contribution in [2.24, 2.45) is 0 Å². The van der Waals surface area contributed by atoms with Gasteiger partial charge in [0.25, 0.3) is 5.56 Å². The van der Waals surface area contributed by atoms with E-state index in [9.17, 15) is 4.79 Å². The van der Waals surface area contributed by atoms with E-state index in [1.807, 2.05) is 12.1 Å². The van der Waals surface area contributed by atoms with Crippen LogP contribution in [0.1, 0.15) is 37.9 Å². The van der Waals surface area contributed by atoms with Gasteiger partial charge < -0.3 is 10.2 Å². The van der Waals surface area contributed by atoms with Crippen molar-refractivity contribution in [3.63, 3.8) is 0 Å². The fourth-order valence-corrected chi connectivity index (χ4v) is 3.14. The zero-order valence-electron chi connectivity index (χ0n) is 13.9. The first-order chi connectivity index (χ1) is 11.2. The SMILES string of the molecule is CCN(CC)c1ccc(Nc2nc3c(c(=O)[nH]2)CCCC3)cc1. The zero-order valence-corrected chi connectivity index (χ0v) is 13.9. The van der Waals surface area contributed by atoms with Crippen molar-refractivity contribution in [2.75, 3.05) is 23.3 Å². The van der Waals surface area contributed by atoms with Crippen LogP contribution in [-0.4, -0.2) is 23.1 Å². The molecule has 1 aromatic heterocycles. The number of hydrogen-bond donors (Lipinski definition) is 2. The lowest BCUT2D eigenvalue weighted by molar-refractivity contribution is 0.658. The van der Waals surface area contributed by atoms with E-state index in [-0.39, 0.29) is 5.56 Å². The molecule has 5 heteroatoms. The maximum Gasteiger partial charge on any atom is 0.255 e. The molecular weight excluding hydrogens is 288 g/mol. The van der Waals surface area contributed by atoms with Crippen LogP contribution in [0.4, 0.5) is 17.3 Å². The van der Waals surface area contributed by atoms with Crippen LogP contribution in [0.5, 0.6) is 0 Å². The molecule has 1 heterocycles. The van der Waals surface area contributed by atoms with E-state index in [0.717, 1.165) is 55.7 Å². The highest BCUT2D eigenvalue weighted by atomic mass is 16.1. The smallest absolute Gasteiger partial charge is 0.255 e. The number of aromatic nitrogens is 2. The summed E-state index contributed by atoms with van der Waals surface area (Å²) < 4.78 is 0. The van der Waals surface area contributed by atoms with Crippen molar-refractivity contribution in [3.05, 3.63) is 45.9 Å². The van der Waals surface area contributed by atoms with Crippen LogP contribution < -0.4 is 15.8 Å². The summed E-state index contributed by atoms with van der Waals surface area (Å²) in [6, 6.07) is 8.22. The third-order valence-corrected chi connectivity index (χ3v) is 4.45. The number of rotatable bonds is 5. The average Bonchev–Trinajstić information content (AvgIpc) is 2.57. The van der Waals surface area contributed by atoms with E-state index in [1.54, 1.807) is 0 Å². The van der Waals surface area contributed by atoms with E-state index in [0.29, 0.717) is 5.95 Å². The molecule has 23 heavy (non-hydrogen) atoms. The molecule has 0 unspecified atom stereocenters. The van der Waals surface area contributed by atoms with Crippen LogP contribution in [0.2, 0.25) is 0 Å². The number of benzene rings is 1. The van der Waals surface area contributed by atoms with Gasteiger partial charge in [-0.15, -0.1) is 0 Å². The second-order valence-corrected chi connectivity index (χ2v) is 5.89. The molecule has 122 valence electrons. The minimum atomic E-state index is -0.00281. The molecule has 0 radical (unpaired) electrons. The van der Waals surface area contributed by atoms with Gasteiger partial charge in [0.15, 0.2) is 0 Å². The Morgan fingerprint density at radius 3 is 2.52 bits per heavy atom. The standard InChI is InChI=1S/C18H24N4O/c1-3-22(4-2)14-11-9-13(10-12-14)19-18-20-16-8-6-5-7-15(16)17(23)21-18/h9-12H,3-8H2,1-2H3,(H2,19,20,21,23). The Kier molecular flexibility index (Phi) is 4.65. The van der Waals surface area contributed by atoms with Crippen molar-refractivity contribution < 1.29 is 0 Å². The molecule has 0 atom stereocenters. The Morgan fingerprint density at radius 2 is 1.83 bits per heavy atom. The Morgan fingerprint density at radius 1 is 1.13 bits per heavy atom. The first-order valence-electron chi connectivity index (χ1n) is 8.45. The largest absolute Gasteiger partial charge is 0.372 e. The van der Waals surface area contributed by atoms with Gasteiger partial charge in [-0.05, 0) is 63.8 Å². The molecule has 0 amide bonds. The number of fused-ring (bicyclic) bond motifs is 1. The normalized spacial score (nSPS) is 13.5. The number of hydrogen-bond acceptors (Lipinski definition) is 4. The van der Waals surface area contributed by atoms with Crippen molar-refractivity contribution >= 4 is 17.3 Å². The Bertz CT molecular complexity index is 717. The summed E-state index contributed by atoms with van der Waals surface area (Å²) in [5, 5.41) is 3.21. The van der Waals surface area contributed by atoms with Gasteiger partial charge in [-0.3, -0.25) is 9.78 Å². The average molecular weight is 312 g/mol. The van der Waals surface area contributed by atoms with Crippen LogP contribution in [0.3, 0.4) is 0 Å². The molecule has 2 aromatic rings. The summed E-state index contributed by atoms with van der Waals surface area (Å²) in [6.45, 7) is 6.28.